The van der Waals surface area contributed by atoms with E-state index in [0.29, 0.717) is 0 Å². The monoisotopic (exact) mass is 279 g/mol. The van der Waals surface area contributed by atoms with Crippen molar-refractivity contribution in [2.75, 3.05) is 21.1 Å². The molecule has 0 radical (unpaired) electrons. The fourth-order valence-electron chi connectivity index (χ4n) is 1.56. The molecule has 0 bridgehead atoms. The molecule has 0 saturated heterocycles. The molecule has 2 nitrogen and oxygen atoms in total. The molecule has 0 saturated carbocycles. The van der Waals surface area contributed by atoms with Crippen molar-refractivity contribution in [3.05, 3.63) is 40.6 Å². The number of nitrogens with zero attached hydrogens (tertiary/aromatic N) is 1. The summed E-state index contributed by atoms with van der Waals surface area (Å²) in [5.74, 6) is 0. The highest BCUT2D eigenvalue weighted by atomic mass is 79.9. The quantitative estimate of drug-likeness (QED) is 0.809. The van der Waals surface area contributed by atoms with Crippen LogP contribution in [0.1, 0.15) is 5.56 Å². The Kier molecular flexibility index (Phi) is 2.91. The standard InChI is InChI=1S/C13H16BrN2/c1-16(2,3)7-6-10-9-15-13-8-11(14)4-5-12(10)13/h4-9,15H,1-3H3/q+1/b7-6+. The van der Waals surface area contributed by atoms with E-state index < -0.39 is 0 Å². The van der Waals surface area contributed by atoms with Gasteiger partial charge in [0.05, 0.1) is 27.3 Å². The lowest BCUT2D eigenvalue weighted by atomic mass is 10.2. The summed E-state index contributed by atoms with van der Waals surface area (Å²) in [6.07, 6.45) is 6.38. The average molecular weight is 280 g/mol. The van der Waals surface area contributed by atoms with Crippen molar-refractivity contribution in [1.82, 2.24) is 4.98 Å². The summed E-state index contributed by atoms with van der Waals surface area (Å²) in [5, 5.41) is 1.26. The minimum Gasteiger partial charge on any atom is -0.361 e. The molecule has 1 N–H and O–H groups in total. The number of hydrogen-bond acceptors (Lipinski definition) is 0. The van der Waals surface area contributed by atoms with Crippen molar-refractivity contribution in [3.63, 3.8) is 0 Å². The van der Waals surface area contributed by atoms with E-state index >= 15 is 0 Å². The first-order chi connectivity index (χ1) is 7.46. The molecule has 1 aromatic carbocycles. The van der Waals surface area contributed by atoms with Gasteiger partial charge in [0.1, 0.15) is 0 Å². The number of nitrogens with one attached hydrogen (secondary N) is 1. The van der Waals surface area contributed by atoms with Crippen molar-refractivity contribution in [2.24, 2.45) is 0 Å². The Morgan fingerprint density at radius 2 is 2.00 bits per heavy atom. The van der Waals surface area contributed by atoms with Gasteiger partial charge in [-0.1, -0.05) is 22.0 Å². The molecule has 1 aromatic heterocycles. The SMILES string of the molecule is C[N+](C)(C)/C=C/c1c[nH]c2cc(Br)ccc12. The van der Waals surface area contributed by atoms with Gasteiger partial charge in [-0.15, -0.1) is 0 Å². The Balaban J connectivity index is 2.43. The van der Waals surface area contributed by atoms with E-state index in [-0.39, 0.29) is 0 Å². The highest BCUT2D eigenvalue weighted by Crippen LogP contribution is 2.23. The van der Waals surface area contributed by atoms with Gasteiger partial charge in [0.15, 0.2) is 0 Å². The van der Waals surface area contributed by atoms with Crippen LogP contribution in [0.3, 0.4) is 0 Å². The van der Waals surface area contributed by atoms with Crippen LogP contribution in [-0.2, 0) is 0 Å². The maximum absolute atomic E-state index is 3.47. The van der Waals surface area contributed by atoms with Gasteiger partial charge in [-0.3, -0.25) is 0 Å². The number of halogens is 1. The van der Waals surface area contributed by atoms with E-state index in [9.17, 15) is 0 Å². The largest absolute Gasteiger partial charge is 0.361 e. The summed E-state index contributed by atoms with van der Waals surface area (Å²) in [5.41, 5.74) is 2.39. The van der Waals surface area contributed by atoms with Gasteiger partial charge in [-0.25, -0.2) is 0 Å². The second-order valence-electron chi connectivity index (χ2n) is 4.87. The fraction of sp³-hybridized carbons (Fsp3) is 0.231. The summed E-state index contributed by atoms with van der Waals surface area (Å²) in [6.45, 7) is 0. The van der Waals surface area contributed by atoms with E-state index in [2.05, 4.69) is 72.5 Å². The molecule has 2 aromatic rings. The van der Waals surface area contributed by atoms with Crippen molar-refractivity contribution in [2.45, 2.75) is 0 Å². The average Bonchev–Trinajstić information content (AvgIpc) is 2.56. The predicted molar refractivity (Wildman–Crippen MR) is 73.1 cm³/mol. The number of hydrogen-bond donors (Lipinski definition) is 1. The molecule has 0 atom stereocenters. The lowest BCUT2D eigenvalue weighted by Crippen LogP contribution is -2.26. The molecule has 0 aliphatic rings. The maximum atomic E-state index is 3.47. The second-order valence-corrected chi connectivity index (χ2v) is 5.78. The Morgan fingerprint density at radius 1 is 1.25 bits per heavy atom. The molecule has 1 heterocycles. The molecular weight excluding hydrogens is 264 g/mol. The van der Waals surface area contributed by atoms with Gasteiger partial charge in [0, 0.05) is 33.2 Å². The van der Waals surface area contributed by atoms with E-state index in [1.165, 1.54) is 10.9 Å². The maximum Gasteiger partial charge on any atom is 0.0958 e. The first-order valence-electron chi connectivity index (χ1n) is 5.23. The van der Waals surface area contributed by atoms with E-state index in [4.69, 9.17) is 0 Å². The number of H-pyrrole nitrogens is 1. The van der Waals surface area contributed by atoms with Crippen molar-refractivity contribution < 1.29 is 4.48 Å². The minimum absolute atomic E-state index is 0.823. The van der Waals surface area contributed by atoms with Crippen molar-refractivity contribution >= 4 is 32.9 Å². The molecular formula is C13H16BrN2+. The van der Waals surface area contributed by atoms with Crippen molar-refractivity contribution in [1.29, 1.82) is 0 Å². The zero-order chi connectivity index (χ0) is 11.8. The third kappa shape index (κ3) is 2.54. The molecule has 0 aliphatic heterocycles. The molecule has 3 heteroatoms. The number of fused-ring (bicyclic) bond motifs is 1. The lowest BCUT2D eigenvalue weighted by Gasteiger charge is -2.17. The van der Waals surface area contributed by atoms with Gasteiger partial charge in [-0.2, -0.15) is 0 Å². The van der Waals surface area contributed by atoms with Crippen LogP contribution in [0, 0.1) is 0 Å². The van der Waals surface area contributed by atoms with Crippen LogP contribution in [-0.4, -0.2) is 30.6 Å². The summed E-state index contributed by atoms with van der Waals surface area (Å²) in [4.78, 5) is 3.28. The highest BCUT2D eigenvalue weighted by molar-refractivity contribution is 9.10. The van der Waals surface area contributed by atoms with Crippen LogP contribution in [0.4, 0.5) is 0 Å². The second kappa shape index (κ2) is 4.07. The van der Waals surface area contributed by atoms with Crippen molar-refractivity contribution in [3.8, 4) is 0 Å². The number of aromatic amines is 1. The third-order valence-electron chi connectivity index (χ3n) is 2.38. The number of rotatable bonds is 2. The first-order valence-corrected chi connectivity index (χ1v) is 6.02. The van der Waals surface area contributed by atoms with E-state index in [1.54, 1.807) is 0 Å². The first kappa shape index (κ1) is 11.4. The molecule has 2 rings (SSSR count). The van der Waals surface area contributed by atoms with Gasteiger partial charge >= 0.3 is 0 Å². The van der Waals surface area contributed by atoms with Crippen LogP contribution < -0.4 is 0 Å². The topological polar surface area (TPSA) is 15.8 Å². The number of quaternary nitrogens is 1. The van der Waals surface area contributed by atoms with Crippen LogP contribution in [0.2, 0.25) is 0 Å². The third-order valence-corrected chi connectivity index (χ3v) is 2.87. The zero-order valence-corrected chi connectivity index (χ0v) is 11.4. The van der Waals surface area contributed by atoms with Gasteiger partial charge in [-0.05, 0) is 12.1 Å². The highest BCUT2D eigenvalue weighted by Gasteiger charge is 2.04. The van der Waals surface area contributed by atoms with E-state index in [1.807, 2.05) is 6.20 Å². The lowest BCUT2D eigenvalue weighted by molar-refractivity contribution is -0.816. The summed E-state index contributed by atoms with van der Waals surface area (Å²) in [6, 6.07) is 6.29. The molecule has 0 aliphatic carbocycles. The molecule has 0 unspecified atom stereocenters. The normalized spacial score (nSPS) is 12.8. The summed E-state index contributed by atoms with van der Waals surface area (Å²) in [7, 11) is 6.42. The van der Waals surface area contributed by atoms with Gasteiger partial charge in [0.25, 0.3) is 0 Å². The smallest absolute Gasteiger partial charge is 0.0958 e. The molecule has 84 valence electrons. The molecule has 0 fully saturated rings. The van der Waals surface area contributed by atoms with Crippen LogP contribution in [0.15, 0.2) is 35.1 Å². The van der Waals surface area contributed by atoms with Crippen LogP contribution >= 0.6 is 15.9 Å². The fourth-order valence-corrected chi connectivity index (χ4v) is 1.92. The predicted octanol–water partition coefficient (Wildman–Crippen LogP) is 3.61. The minimum atomic E-state index is 0.823. The molecule has 16 heavy (non-hydrogen) atoms. The summed E-state index contributed by atoms with van der Waals surface area (Å²) < 4.78 is 1.92. The van der Waals surface area contributed by atoms with Gasteiger partial charge in [0.2, 0.25) is 0 Å². The molecule has 0 spiro atoms. The Labute approximate surface area is 104 Å². The van der Waals surface area contributed by atoms with Crippen LogP contribution in [0.25, 0.3) is 17.0 Å². The van der Waals surface area contributed by atoms with E-state index in [0.717, 1.165) is 14.5 Å². The zero-order valence-electron chi connectivity index (χ0n) is 9.79. The van der Waals surface area contributed by atoms with Crippen LogP contribution in [0.5, 0.6) is 0 Å². The summed E-state index contributed by atoms with van der Waals surface area (Å²) >= 11 is 3.47. The Bertz CT molecular complexity index is 532. The Hall–Kier alpha value is -1.06. The molecule has 0 amide bonds. The number of benzene rings is 1. The Morgan fingerprint density at radius 3 is 2.69 bits per heavy atom. The van der Waals surface area contributed by atoms with Gasteiger partial charge < -0.3 is 9.47 Å². The number of aromatic nitrogens is 1.